The lowest BCUT2D eigenvalue weighted by molar-refractivity contribution is -0.136. The van der Waals surface area contributed by atoms with Crippen molar-refractivity contribution in [3.05, 3.63) is 46.2 Å². The van der Waals surface area contributed by atoms with Gasteiger partial charge in [-0.15, -0.1) is 11.6 Å². The molecule has 1 saturated carbocycles. The molecule has 2 fully saturated rings. The first kappa shape index (κ1) is 19.4. The van der Waals surface area contributed by atoms with Crippen LogP contribution in [0.2, 0.25) is 5.02 Å². The van der Waals surface area contributed by atoms with Crippen molar-refractivity contribution in [2.75, 3.05) is 13.2 Å². The summed E-state index contributed by atoms with van der Waals surface area (Å²) in [6.45, 7) is 1.14. The molecule has 0 aromatic heterocycles. The first-order chi connectivity index (χ1) is 14.0. The fourth-order valence-corrected chi connectivity index (χ4v) is 5.60. The Balaban J connectivity index is 1.55. The third-order valence-corrected chi connectivity index (χ3v) is 7.10. The molecular formula is C22H23Cl2NO4. The van der Waals surface area contributed by atoms with Crippen LogP contribution in [-0.4, -0.2) is 47.3 Å². The minimum Gasteiger partial charge on any atom is -0.483 e. The molecule has 5 rings (SSSR count). The molecule has 5 nitrogen and oxygen atoms in total. The van der Waals surface area contributed by atoms with Gasteiger partial charge in [-0.2, -0.15) is 0 Å². The number of fused-ring (bicyclic) bond motifs is 1. The summed E-state index contributed by atoms with van der Waals surface area (Å²) in [6, 6.07) is 6.87. The lowest BCUT2D eigenvalue weighted by atomic mass is 9.77. The summed E-state index contributed by atoms with van der Waals surface area (Å²) in [7, 11) is 0. The molecule has 154 valence electrons. The Morgan fingerprint density at radius 1 is 1.17 bits per heavy atom. The van der Waals surface area contributed by atoms with E-state index >= 15 is 0 Å². The van der Waals surface area contributed by atoms with Crippen molar-refractivity contribution in [3.63, 3.8) is 0 Å². The van der Waals surface area contributed by atoms with Crippen LogP contribution >= 0.6 is 23.2 Å². The molecule has 1 aromatic rings. The van der Waals surface area contributed by atoms with E-state index in [4.69, 9.17) is 32.7 Å². The second-order valence-corrected chi connectivity index (χ2v) is 9.38. The van der Waals surface area contributed by atoms with Crippen LogP contribution < -0.4 is 0 Å². The lowest BCUT2D eigenvalue weighted by Gasteiger charge is -2.37. The van der Waals surface area contributed by atoms with E-state index in [1.807, 2.05) is 18.2 Å². The predicted molar refractivity (Wildman–Crippen MR) is 109 cm³/mol. The molecule has 0 N–H and O–H groups in total. The van der Waals surface area contributed by atoms with E-state index in [0.717, 1.165) is 24.8 Å². The molecule has 3 heterocycles. The highest BCUT2D eigenvalue weighted by molar-refractivity contribution is 6.30. The van der Waals surface area contributed by atoms with Gasteiger partial charge in [-0.25, -0.2) is 0 Å². The summed E-state index contributed by atoms with van der Waals surface area (Å²) in [5.74, 6) is -0.301. The number of nitrogens with zero attached hydrogens (tertiary/aromatic N) is 1. The largest absolute Gasteiger partial charge is 0.483 e. The van der Waals surface area contributed by atoms with Gasteiger partial charge in [-0.05, 0) is 49.8 Å². The predicted octanol–water partition coefficient (Wildman–Crippen LogP) is 4.03. The highest BCUT2D eigenvalue weighted by Gasteiger charge is 2.53. The van der Waals surface area contributed by atoms with Crippen LogP contribution in [0.4, 0.5) is 0 Å². The summed E-state index contributed by atoms with van der Waals surface area (Å²) < 4.78 is 11.9. The molecule has 4 aliphatic rings. The second-order valence-electron chi connectivity index (χ2n) is 8.33. The number of hydrogen-bond donors (Lipinski definition) is 0. The van der Waals surface area contributed by atoms with E-state index < -0.39 is 6.04 Å². The van der Waals surface area contributed by atoms with E-state index in [9.17, 15) is 9.59 Å². The highest BCUT2D eigenvalue weighted by Crippen LogP contribution is 2.47. The summed E-state index contributed by atoms with van der Waals surface area (Å²) in [5.41, 5.74) is 1.28. The second kappa shape index (κ2) is 7.60. The molecule has 0 spiro atoms. The Kier molecular flexibility index (Phi) is 5.09. The zero-order chi connectivity index (χ0) is 20.1. The molecule has 29 heavy (non-hydrogen) atoms. The molecule has 5 atom stereocenters. The number of benzene rings is 1. The van der Waals surface area contributed by atoms with E-state index in [2.05, 4.69) is 0 Å². The molecule has 1 amide bonds. The van der Waals surface area contributed by atoms with Gasteiger partial charge >= 0.3 is 0 Å². The van der Waals surface area contributed by atoms with Crippen LogP contribution in [0.15, 0.2) is 35.6 Å². The highest BCUT2D eigenvalue weighted by atomic mass is 35.5. The maximum absolute atomic E-state index is 13.5. The Morgan fingerprint density at radius 2 is 2.03 bits per heavy atom. The molecule has 3 aliphatic heterocycles. The molecule has 1 aliphatic carbocycles. The van der Waals surface area contributed by atoms with Crippen LogP contribution in [0.25, 0.3) is 0 Å². The van der Waals surface area contributed by atoms with E-state index in [1.165, 1.54) is 0 Å². The quantitative estimate of drug-likeness (QED) is 0.672. The molecule has 5 unspecified atom stereocenters. The third-order valence-electron chi connectivity index (χ3n) is 6.47. The summed E-state index contributed by atoms with van der Waals surface area (Å²) in [4.78, 5) is 28.6. The third kappa shape index (κ3) is 3.37. The van der Waals surface area contributed by atoms with Gasteiger partial charge in [0.15, 0.2) is 11.5 Å². The van der Waals surface area contributed by atoms with Crippen molar-refractivity contribution in [1.82, 2.24) is 4.90 Å². The van der Waals surface area contributed by atoms with Crippen LogP contribution in [0.5, 0.6) is 0 Å². The maximum atomic E-state index is 13.5. The molecule has 0 bridgehead atoms. The van der Waals surface area contributed by atoms with E-state index in [0.29, 0.717) is 36.6 Å². The Bertz CT molecular complexity index is 879. The average molecular weight is 436 g/mol. The van der Waals surface area contributed by atoms with E-state index in [1.54, 1.807) is 11.0 Å². The number of alkyl halides is 1. The maximum Gasteiger partial charge on any atom is 0.290 e. The average Bonchev–Trinajstić information content (AvgIpc) is 3.31. The van der Waals surface area contributed by atoms with Gasteiger partial charge in [0.25, 0.3) is 5.91 Å². The molecule has 7 heteroatoms. The van der Waals surface area contributed by atoms with Gasteiger partial charge in [0.05, 0.1) is 23.6 Å². The van der Waals surface area contributed by atoms with Crippen LogP contribution in [0.3, 0.4) is 0 Å². The number of halogens is 2. The smallest absolute Gasteiger partial charge is 0.290 e. The number of carbonyl (C=O) groups is 2. The zero-order valence-electron chi connectivity index (χ0n) is 16.0. The minimum atomic E-state index is -0.496. The number of ketones is 1. The number of rotatable bonds is 3. The number of ether oxygens (including phenoxy) is 2. The molecule has 1 aromatic carbocycles. The topological polar surface area (TPSA) is 55.8 Å². The van der Waals surface area contributed by atoms with Crippen LogP contribution in [0.1, 0.15) is 43.7 Å². The van der Waals surface area contributed by atoms with Crippen molar-refractivity contribution in [1.29, 1.82) is 0 Å². The van der Waals surface area contributed by atoms with Crippen molar-refractivity contribution in [3.8, 4) is 0 Å². The SMILES string of the molecule is O=C1C2=C(OC3CCC(Cl)CC13)C(=O)N(CC1CCCO1)C2c1cccc(Cl)c1. The van der Waals surface area contributed by atoms with E-state index in [-0.39, 0.29) is 41.0 Å². The zero-order valence-corrected chi connectivity index (χ0v) is 17.5. The van der Waals surface area contributed by atoms with Gasteiger partial charge in [0.2, 0.25) is 0 Å². The number of hydrogen-bond acceptors (Lipinski definition) is 4. The lowest BCUT2D eigenvalue weighted by Crippen LogP contribution is -2.41. The number of amides is 1. The van der Waals surface area contributed by atoms with Gasteiger partial charge in [-0.3, -0.25) is 9.59 Å². The van der Waals surface area contributed by atoms with Crippen LogP contribution in [-0.2, 0) is 19.1 Å². The minimum absolute atomic E-state index is 0.00485. The van der Waals surface area contributed by atoms with Gasteiger partial charge < -0.3 is 14.4 Å². The Hall–Kier alpha value is -1.56. The standard InChI is InChI=1S/C22H23Cl2NO4/c23-13-4-1-3-12(9-13)19-18-20(26)16-10-14(24)6-7-17(16)29-21(18)22(27)25(19)11-15-5-2-8-28-15/h1,3-4,9,14-17,19H,2,5-8,10-11H2. The monoisotopic (exact) mass is 435 g/mol. The molecule has 0 radical (unpaired) electrons. The van der Waals surface area contributed by atoms with Crippen molar-refractivity contribution < 1.29 is 19.1 Å². The Morgan fingerprint density at radius 3 is 2.79 bits per heavy atom. The van der Waals surface area contributed by atoms with Crippen molar-refractivity contribution >= 4 is 34.9 Å². The Labute approximate surface area is 179 Å². The van der Waals surface area contributed by atoms with Gasteiger partial charge in [0, 0.05) is 23.6 Å². The first-order valence-corrected chi connectivity index (χ1v) is 11.1. The fraction of sp³-hybridized carbons (Fsp3) is 0.545. The summed E-state index contributed by atoms with van der Waals surface area (Å²) >= 11 is 12.6. The van der Waals surface area contributed by atoms with Crippen molar-refractivity contribution in [2.45, 2.75) is 55.7 Å². The summed E-state index contributed by atoms with van der Waals surface area (Å²) in [6.07, 6.45) is 3.69. The number of Topliss-reactive ketones (excluding diaryl/α,β-unsaturated/α-hetero) is 1. The molecule has 1 saturated heterocycles. The number of carbonyl (C=O) groups excluding carboxylic acids is 2. The van der Waals surface area contributed by atoms with Crippen LogP contribution in [0, 0.1) is 5.92 Å². The first-order valence-electron chi connectivity index (χ1n) is 10.3. The van der Waals surface area contributed by atoms with Gasteiger partial charge in [0.1, 0.15) is 6.10 Å². The normalized spacial score (nSPS) is 34.3. The fourth-order valence-electron chi connectivity index (χ4n) is 5.08. The summed E-state index contributed by atoms with van der Waals surface area (Å²) in [5, 5.41) is 0.539. The van der Waals surface area contributed by atoms with Crippen molar-refractivity contribution in [2.24, 2.45) is 5.92 Å². The molecular weight excluding hydrogens is 413 g/mol. The van der Waals surface area contributed by atoms with Gasteiger partial charge in [-0.1, -0.05) is 23.7 Å².